The van der Waals surface area contributed by atoms with Crippen LogP contribution in [0.25, 0.3) is 0 Å². The Morgan fingerprint density at radius 3 is 2.47 bits per heavy atom. The number of benzene rings is 1. The van der Waals surface area contributed by atoms with Crippen LogP contribution in [0.1, 0.15) is 52.5 Å². The Morgan fingerprint density at radius 1 is 1.37 bits per heavy atom. The van der Waals surface area contributed by atoms with Gasteiger partial charge < -0.3 is 9.84 Å². The molecule has 0 saturated carbocycles. The average Bonchev–Trinajstić information content (AvgIpc) is 2.27. The summed E-state index contributed by atoms with van der Waals surface area (Å²) < 4.78 is 5.83. The van der Waals surface area contributed by atoms with Crippen molar-refractivity contribution in [3.63, 3.8) is 0 Å². The van der Waals surface area contributed by atoms with Crippen LogP contribution in [0.15, 0.2) is 24.3 Å². The maximum absolute atomic E-state index is 11.2. The fraction of sp³-hybridized carbons (Fsp3) is 0.562. The van der Waals surface area contributed by atoms with Gasteiger partial charge in [0.15, 0.2) is 0 Å². The number of aliphatic carboxylic acids is 1. The number of rotatable bonds is 5. The highest BCUT2D eigenvalue weighted by Crippen LogP contribution is 2.31. The Labute approximate surface area is 115 Å². The first-order valence-corrected chi connectivity index (χ1v) is 6.76. The molecule has 0 radical (unpaired) electrons. The van der Waals surface area contributed by atoms with Gasteiger partial charge in [0.2, 0.25) is 0 Å². The number of carboxylic acid groups (broad SMARTS) is 1. The normalized spacial score (nSPS) is 14.8. The van der Waals surface area contributed by atoms with Gasteiger partial charge in [-0.05, 0) is 50.8 Å². The molecule has 1 rings (SSSR count). The summed E-state index contributed by atoms with van der Waals surface area (Å²) in [6.45, 7) is 9.76. The molecule has 3 nitrogen and oxygen atoms in total. The molecule has 2 atom stereocenters. The minimum Gasteiger partial charge on any atom is -0.488 e. The summed E-state index contributed by atoms with van der Waals surface area (Å²) in [7, 11) is 0. The van der Waals surface area contributed by atoms with E-state index >= 15 is 0 Å². The molecule has 0 aliphatic rings. The Balaban J connectivity index is 2.99. The monoisotopic (exact) mass is 264 g/mol. The van der Waals surface area contributed by atoms with E-state index in [1.54, 1.807) is 6.92 Å². The molecule has 0 spiro atoms. The van der Waals surface area contributed by atoms with E-state index < -0.39 is 11.9 Å². The summed E-state index contributed by atoms with van der Waals surface area (Å²) in [5.74, 6) is -0.342. The van der Waals surface area contributed by atoms with Crippen LogP contribution in [-0.4, -0.2) is 16.7 Å². The van der Waals surface area contributed by atoms with Gasteiger partial charge >= 0.3 is 5.97 Å². The van der Waals surface area contributed by atoms with Crippen LogP contribution in [0.3, 0.4) is 0 Å². The van der Waals surface area contributed by atoms with Gasteiger partial charge in [-0.1, -0.05) is 26.0 Å². The van der Waals surface area contributed by atoms with E-state index in [1.165, 1.54) is 0 Å². The summed E-state index contributed by atoms with van der Waals surface area (Å²) in [5, 5.41) is 9.17. The molecule has 106 valence electrons. The topological polar surface area (TPSA) is 46.5 Å². The summed E-state index contributed by atoms with van der Waals surface area (Å²) in [4.78, 5) is 11.2. The second-order valence-electron chi connectivity index (χ2n) is 5.93. The van der Waals surface area contributed by atoms with Crippen LogP contribution in [0.5, 0.6) is 5.75 Å². The van der Waals surface area contributed by atoms with Crippen LogP contribution < -0.4 is 4.74 Å². The van der Waals surface area contributed by atoms with Gasteiger partial charge in [-0.2, -0.15) is 0 Å². The first kappa shape index (κ1) is 15.5. The molecule has 1 N–H and O–H groups in total. The van der Waals surface area contributed by atoms with Gasteiger partial charge in [0.1, 0.15) is 11.4 Å². The minimum atomic E-state index is -0.756. The van der Waals surface area contributed by atoms with Crippen molar-refractivity contribution in [2.75, 3.05) is 0 Å². The highest BCUT2D eigenvalue weighted by Gasteiger charge is 2.24. The molecule has 3 heteroatoms. The van der Waals surface area contributed by atoms with E-state index in [0.29, 0.717) is 0 Å². The maximum atomic E-state index is 11.2. The zero-order chi connectivity index (χ0) is 14.6. The Hall–Kier alpha value is -1.51. The smallest absolute Gasteiger partial charge is 0.306 e. The third-order valence-corrected chi connectivity index (χ3v) is 3.14. The third kappa shape index (κ3) is 4.58. The van der Waals surface area contributed by atoms with Crippen molar-refractivity contribution in [1.82, 2.24) is 0 Å². The highest BCUT2D eigenvalue weighted by atomic mass is 16.5. The lowest BCUT2D eigenvalue weighted by atomic mass is 9.85. The Bertz CT molecular complexity index is 432. The number of hydrogen-bond acceptors (Lipinski definition) is 2. The van der Waals surface area contributed by atoms with Crippen molar-refractivity contribution in [3.8, 4) is 5.75 Å². The van der Waals surface area contributed by atoms with Crippen LogP contribution in [0.2, 0.25) is 0 Å². The first-order chi connectivity index (χ1) is 8.74. The standard InChI is InChI=1S/C16H24O3/c1-6-14(11(2)15(17)18)12-8-7-9-13(10-12)19-16(3,4)5/h7-11,14H,6H2,1-5H3,(H,17,18)/t11-,14+/m1/s1. The second kappa shape index (κ2) is 6.09. The molecule has 0 aromatic heterocycles. The summed E-state index contributed by atoms with van der Waals surface area (Å²) in [5.41, 5.74) is 0.776. The van der Waals surface area contributed by atoms with Crippen molar-refractivity contribution in [2.24, 2.45) is 5.92 Å². The summed E-state index contributed by atoms with van der Waals surface area (Å²) in [6, 6.07) is 7.77. The number of carbonyl (C=O) groups is 1. The quantitative estimate of drug-likeness (QED) is 0.871. The third-order valence-electron chi connectivity index (χ3n) is 3.14. The van der Waals surface area contributed by atoms with Gasteiger partial charge in [0, 0.05) is 0 Å². The molecule has 0 saturated heterocycles. The van der Waals surface area contributed by atoms with Crippen LogP contribution in [-0.2, 0) is 4.79 Å². The van der Waals surface area contributed by atoms with Gasteiger partial charge in [0.05, 0.1) is 5.92 Å². The van der Waals surface area contributed by atoms with Crippen LogP contribution in [0.4, 0.5) is 0 Å². The van der Waals surface area contributed by atoms with Crippen LogP contribution in [0, 0.1) is 5.92 Å². The van der Waals surface area contributed by atoms with Crippen molar-refractivity contribution in [1.29, 1.82) is 0 Å². The van der Waals surface area contributed by atoms with Crippen molar-refractivity contribution in [3.05, 3.63) is 29.8 Å². The lowest BCUT2D eigenvalue weighted by Gasteiger charge is -2.24. The van der Waals surface area contributed by atoms with E-state index in [9.17, 15) is 4.79 Å². The van der Waals surface area contributed by atoms with Crippen LogP contribution >= 0.6 is 0 Å². The molecule has 0 unspecified atom stereocenters. The van der Waals surface area contributed by atoms with Crippen molar-refractivity contribution in [2.45, 2.75) is 52.6 Å². The molecule has 0 fully saturated rings. The predicted molar refractivity (Wildman–Crippen MR) is 76.7 cm³/mol. The maximum Gasteiger partial charge on any atom is 0.306 e. The molecule has 19 heavy (non-hydrogen) atoms. The van der Waals surface area contributed by atoms with E-state index in [0.717, 1.165) is 17.7 Å². The summed E-state index contributed by atoms with van der Waals surface area (Å²) in [6.07, 6.45) is 0.798. The van der Waals surface area contributed by atoms with Crippen molar-refractivity contribution < 1.29 is 14.6 Å². The predicted octanol–water partition coefficient (Wildman–Crippen LogP) is 4.08. The first-order valence-electron chi connectivity index (χ1n) is 6.76. The van der Waals surface area contributed by atoms with Gasteiger partial charge in [-0.3, -0.25) is 4.79 Å². The molecule has 0 aliphatic carbocycles. The molecule has 1 aromatic rings. The fourth-order valence-corrected chi connectivity index (χ4v) is 2.21. The lowest BCUT2D eigenvalue weighted by Crippen LogP contribution is -2.23. The van der Waals surface area contributed by atoms with E-state index in [-0.39, 0.29) is 11.5 Å². The van der Waals surface area contributed by atoms with E-state index in [1.807, 2.05) is 52.0 Å². The molecular weight excluding hydrogens is 240 g/mol. The van der Waals surface area contributed by atoms with E-state index in [2.05, 4.69) is 0 Å². The molecule has 1 aromatic carbocycles. The van der Waals surface area contributed by atoms with Gasteiger partial charge in [-0.15, -0.1) is 0 Å². The zero-order valence-electron chi connectivity index (χ0n) is 12.4. The highest BCUT2D eigenvalue weighted by molar-refractivity contribution is 5.71. The van der Waals surface area contributed by atoms with Gasteiger partial charge in [0.25, 0.3) is 0 Å². The number of hydrogen-bond donors (Lipinski definition) is 1. The van der Waals surface area contributed by atoms with Crippen molar-refractivity contribution >= 4 is 5.97 Å². The molecule has 0 heterocycles. The zero-order valence-corrected chi connectivity index (χ0v) is 12.4. The second-order valence-corrected chi connectivity index (χ2v) is 5.93. The Morgan fingerprint density at radius 2 is 2.00 bits per heavy atom. The molecule has 0 bridgehead atoms. The largest absolute Gasteiger partial charge is 0.488 e. The number of ether oxygens (including phenoxy) is 1. The summed E-state index contributed by atoms with van der Waals surface area (Å²) >= 11 is 0. The molecule has 0 amide bonds. The molecular formula is C16H24O3. The lowest BCUT2D eigenvalue weighted by molar-refractivity contribution is -0.141. The fourth-order valence-electron chi connectivity index (χ4n) is 2.21. The number of carboxylic acids is 1. The Kier molecular flexibility index (Phi) is 4.98. The van der Waals surface area contributed by atoms with E-state index in [4.69, 9.17) is 9.84 Å². The average molecular weight is 264 g/mol. The molecule has 0 aliphatic heterocycles. The minimum absolute atomic E-state index is 0.0148. The SMILES string of the molecule is CC[C@H](c1cccc(OC(C)(C)C)c1)[C@@H](C)C(=O)O. The van der Waals surface area contributed by atoms with Gasteiger partial charge in [-0.25, -0.2) is 0 Å².